The van der Waals surface area contributed by atoms with Crippen LogP contribution in [0.1, 0.15) is 37.0 Å². The molecule has 0 saturated heterocycles. The maximum atomic E-state index is 13.6. The van der Waals surface area contributed by atoms with Crippen molar-refractivity contribution in [2.75, 3.05) is 6.54 Å². The Balaban J connectivity index is 2.96. The molecule has 1 N–H and O–H groups in total. The van der Waals surface area contributed by atoms with Crippen LogP contribution >= 0.6 is 0 Å². The lowest BCUT2D eigenvalue weighted by atomic mass is 10.1. The van der Waals surface area contributed by atoms with E-state index in [1.165, 1.54) is 4.90 Å². The van der Waals surface area contributed by atoms with Crippen molar-refractivity contribution in [1.29, 1.82) is 0 Å². The Hall–Kier alpha value is -2.05. The van der Waals surface area contributed by atoms with Crippen LogP contribution in [0.5, 0.6) is 0 Å². The molecule has 0 bridgehead atoms. The van der Waals surface area contributed by atoms with Crippen LogP contribution in [0.4, 0.5) is 13.2 Å². The molecule has 0 aliphatic rings. The first-order valence-electron chi connectivity index (χ1n) is 6.42. The molecule has 0 aliphatic carbocycles. The van der Waals surface area contributed by atoms with Crippen molar-refractivity contribution in [3.63, 3.8) is 0 Å². The molecule has 0 aromatic heterocycles. The second-order valence-electron chi connectivity index (χ2n) is 4.81. The Bertz CT molecular complexity index is 547. The number of aliphatic carboxylic acids is 1. The van der Waals surface area contributed by atoms with E-state index in [2.05, 4.69) is 0 Å². The molecule has 0 radical (unpaired) electrons. The maximum absolute atomic E-state index is 13.6. The highest BCUT2D eigenvalue weighted by molar-refractivity contribution is 5.94. The summed E-state index contributed by atoms with van der Waals surface area (Å²) in [4.78, 5) is 23.9. The Morgan fingerprint density at radius 3 is 2.33 bits per heavy atom. The van der Waals surface area contributed by atoms with Crippen LogP contribution < -0.4 is 0 Å². The molecule has 1 amide bonds. The van der Waals surface area contributed by atoms with Gasteiger partial charge in [-0.15, -0.1) is 0 Å². The van der Waals surface area contributed by atoms with E-state index in [4.69, 9.17) is 5.11 Å². The second-order valence-corrected chi connectivity index (χ2v) is 4.81. The lowest BCUT2D eigenvalue weighted by Gasteiger charge is -2.27. The molecule has 1 aromatic rings. The van der Waals surface area contributed by atoms with Gasteiger partial charge in [0.25, 0.3) is 5.91 Å². The number of amides is 1. The van der Waals surface area contributed by atoms with E-state index in [0.717, 1.165) is 6.07 Å². The molecule has 1 aromatic carbocycles. The van der Waals surface area contributed by atoms with Crippen molar-refractivity contribution >= 4 is 11.9 Å². The molecule has 116 valence electrons. The maximum Gasteiger partial charge on any atom is 0.303 e. The van der Waals surface area contributed by atoms with Crippen LogP contribution in [0.3, 0.4) is 0 Å². The first-order chi connectivity index (χ1) is 9.75. The van der Waals surface area contributed by atoms with Gasteiger partial charge in [-0.2, -0.15) is 0 Å². The van der Waals surface area contributed by atoms with Gasteiger partial charge in [-0.05, 0) is 32.4 Å². The average Bonchev–Trinajstić information content (AvgIpc) is 2.40. The summed E-state index contributed by atoms with van der Waals surface area (Å²) >= 11 is 0. The smallest absolute Gasteiger partial charge is 0.303 e. The molecule has 0 fully saturated rings. The van der Waals surface area contributed by atoms with Crippen molar-refractivity contribution in [3.05, 3.63) is 35.1 Å². The first-order valence-corrected chi connectivity index (χ1v) is 6.42. The molecule has 0 unspecified atom stereocenters. The van der Waals surface area contributed by atoms with Gasteiger partial charge in [0, 0.05) is 19.0 Å². The average molecular weight is 303 g/mol. The quantitative estimate of drug-likeness (QED) is 0.822. The van der Waals surface area contributed by atoms with Crippen molar-refractivity contribution in [2.24, 2.45) is 0 Å². The second kappa shape index (κ2) is 7.10. The fourth-order valence-electron chi connectivity index (χ4n) is 1.84. The summed E-state index contributed by atoms with van der Waals surface area (Å²) < 4.78 is 39.7. The van der Waals surface area contributed by atoms with Gasteiger partial charge in [-0.1, -0.05) is 0 Å². The van der Waals surface area contributed by atoms with E-state index in [1.807, 2.05) is 0 Å². The van der Waals surface area contributed by atoms with Crippen LogP contribution in [0.15, 0.2) is 12.1 Å². The number of halogens is 3. The third kappa shape index (κ3) is 4.21. The number of nitrogens with zero attached hydrogens (tertiary/aromatic N) is 1. The summed E-state index contributed by atoms with van der Waals surface area (Å²) in [6, 6.07) is 1.23. The third-order valence-corrected chi connectivity index (χ3v) is 2.94. The minimum Gasteiger partial charge on any atom is -0.481 e. The molecule has 0 aliphatic heterocycles. The zero-order valence-corrected chi connectivity index (χ0v) is 11.7. The fraction of sp³-hybridized carbons (Fsp3) is 0.429. The number of rotatable bonds is 6. The van der Waals surface area contributed by atoms with E-state index in [0.29, 0.717) is 6.07 Å². The highest BCUT2D eigenvalue weighted by Crippen LogP contribution is 2.18. The Labute approximate surface area is 120 Å². The zero-order chi connectivity index (χ0) is 16.2. The standard InChI is InChI=1S/C14H16F3NO3/c1-8(2)18(7-3-4-11(19)20)14(21)9-5-6-10(15)13(17)12(9)16/h5-6,8H,3-4,7H2,1-2H3,(H,19,20). The molecule has 0 atom stereocenters. The largest absolute Gasteiger partial charge is 0.481 e. The lowest BCUT2D eigenvalue weighted by Crippen LogP contribution is -2.38. The topological polar surface area (TPSA) is 57.6 Å². The van der Waals surface area contributed by atoms with Crippen LogP contribution in [0.25, 0.3) is 0 Å². The minimum atomic E-state index is -1.70. The first kappa shape index (κ1) is 17.0. The minimum absolute atomic E-state index is 0.0846. The predicted molar refractivity (Wildman–Crippen MR) is 69.4 cm³/mol. The summed E-state index contributed by atoms with van der Waals surface area (Å²) in [5, 5.41) is 8.58. The van der Waals surface area contributed by atoms with Crippen LogP contribution in [-0.2, 0) is 4.79 Å². The molecule has 21 heavy (non-hydrogen) atoms. The third-order valence-electron chi connectivity index (χ3n) is 2.94. The summed E-state index contributed by atoms with van der Waals surface area (Å²) in [6.45, 7) is 3.41. The van der Waals surface area contributed by atoms with Crippen molar-refractivity contribution in [1.82, 2.24) is 4.90 Å². The number of carbonyl (C=O) groups excluding carboxylic acids is 1. The number of carboxylic acid groups (broad SMARTS) is 1. The molecular formula is C14H16F3NO3. The van der Waals surface area contributed by atoms with Gasteiger partial charge >= 0.3 is 5.97 Å². The molecule has 7 heteroatoms. The Kier molecular flexibility index (Phi) is 5.75. The Morgan fingerprint density at radius 1 is 1.19 bits per heavy atom. The van der Waals surface area contributed by atoms with Crippen molar-refractivity contribution in [3.8, 4) is 0 Å². The van der Waals surface area contributed by atoms with E-state index in [1.54, 1.807) is 13.8 Å². The highest BCUT2D eigenvalue weighted by Gasteiger charge is 2.24. The molecular weight excluding hydrogens is 287 g/mol. The highest BCUT2D eigenvalue weighted by atomic mass is 19.2. The van der Waals surface area contributed by atoms with Gasteiger partial charge < -0.3 is 10.0 Å². The van der Waals surface area contributed by atoms with E-state index in [-0.39, 0.29) is 25.4 Å². The molecule has 4 nitrogen and oxygen atoms in total. The lowest BCUT2D eigenvalue weighted by molar-refractivity contribution is -0.137. The number of benzene rings is 1. The van der Waals surface area contributed by atoms with Crippen molar-refractivity contribution < 1.29 is 27.9 Å². The van der Waals surface area contributed by atoms with Crippen LogP contribution in [0.2, 0.25) is 0 Å². The summed E-state index contributed by atoms with van der Waals surface area (Å²) in [5.74, 6) is -6.41. The van der Waals surface area contributed by atoms with Gasteiger partial charge in [0.1, 0.15) is 0 Å². The van der Waals surface area contributed by atoms with Gasteiger partial charge in [0.05, 0.1) is 5.56 Å². The van der Waals surface area contributed by atoms with Gasteiger partial charge in [0.15, 0.2) is 17.5 Å². The predicted octanol–water partition coefficient (Wildman–Crippen LogP) is 2.82. The normalized spacial score (nSPS) is 10.8. The molecule has 0 spiro atoms. The molecule has 0 heterocycles. The molecule has 1 rings (SSSR count). The number of carbonyl (C=O) groups is 2. The number of hydrogen-bond donors (Lipinski definition) is 1. The SMILES string of the molecule is CC(C)N(CCCC(=O)O)C(=O)c1ccc(F)c(F)c1F. The van der Waals surface area contributed by atoms with E-state index < -0.39 is 34.9 Å². The zero-order valence-electron chi connectivity index (χ0n) is 11.7. The van der Waals surface area contributed by atoms with Gasteiger partial charge in [-0.3, -0.25) is 9.59 Å². The van der Waals surface area contributed by atoms with Crippen LogP contribution in [-0.4, -0.2) is 34.5 Å². The van der Waals surface area contributed by atoms with Gasteiger partial charge in [-0.25, -0.2) is 13.2 Å². The number of hydrogen-bond acceptors (Lipinski definition) is 2. The van der Waals surface area contributed by atoms with Crippen LogP contribution in [0, 0.1) is 17.5 Å². The monoisotopic (exact) mass is 303 g/mol. The number of carboxylic acids is 1. The van der Waals surface area contributed by atoms with E-state index in [9.17, 15) is 22.8 Å². The Morgan fingerprint density at radius 2 is 1.81 bits per heavy atom. The summed E-state index contributed by atoms with van der Waals surface area (Å²) in [6.07, 6.45) is 0.0430. The van der Waals surface area contributed by atoms with Crippen molar-refractivity contribution in [2.45, 2.75) is 32.7 Å². The fourth-order valence-corrected chi connectivity index (χ4v) is 1.84. The summed E-state index contributed by atoms with van der Waals surface area (Å²) in [5.41, 5.74) is -0.571. The molecule has 0 saturated carbocycles. The summed E-state index contributed by atoms with van der Waals surface area (Å²) in [7, 11) is 0. The van der Waals surface area contributed by atoms with Gasteiger partial charge in [0.2, 0.25) is 0 Å². The van der Waals surface area contributed by atoms with E-state index >= 15 is 0 Å².